The van der Waals surface area contributed by atoms with Gasteiger partial charge in [-0.3, -0.25) is 0 Å². The van der Waals surface area contributed by atoms with Crippen molar-refractivity contribution in [3.63, 3.8) is 0 Å². The van der Waals surface area contributed by atoms with E-state index >= 15 is 0 Å². The van der Waals surface area contributed by atoms with Crippen LogP contribution in [0.25, 0.3) is 0 Å². The van der Waals surface area contributed by atoms with Gasteiger partial charge in [0, 0.05) is 12.0 Å². The van der Waals surface area contributed by atoms with Gasteiger partial charge in [-0.2, -0.15) is 0 Å². The van der Waals surface area contributed by atoms with Crippen LogP contribution in [0, 0.1) is 0 Å². The highest BCUT2D eigenvalue weighted by Gasteiger charge is 2.24. The van der Waals surface area contributed by atoms with Gasteiger partial charge in [-0.15, -0.1) is 0 Å². The summed E-state index contributed by atoms with van der Waals surface area (Å²) in [6.45, 7) is 2.68. The minimum Gasteiger partial charge on any atom is -0.491 e. The zero-order chi connectivity index (χ0) is 16.1. The lowest BCUT2D eigenvalue weighted by atomic mass is 9.93. The Morgan fingerprint density at radius 3 is 3.09 bits per heavy atom. The van der Waals surface area contributed by atoms with E-state index in [0.717, 1.165) is 37.0 Å². The number of carbonyl (C=O) groups excluding carboxylic acids is 1. The second kappa shape index (κ2) is 7.22. The normalized spacial score (nSPS) is 16.5. The fourth-order valence-corrected chi connectivity index (χ4v) is 2.86. The molecule has 0 radical (unpaired) electrons. The van der Waals surface area contributed by atoms with Crippen LogP contribution in [0.2, 0.25) is 0 Å². The third-order valence-corrected chi connectivity index (χ3v) is 3.95. The lowest BCUT2D eigenvalue weighted by Gasteiger charge is -2.23. The van der Waals surface area contributed by atoms with Crippen LogP contribution in [0.15, 0.2) is 41.0 Å². The zero-order valence-electron chi connectivity index (χ0n) is 13.3. The maximum absolute atomic E-state index is 12.3. The van der Waals surface area contributed by atoms with Gasteiger partial charge >= 0.3 is 6.03 Å². The van der Waals surface area contributed by atoms with Crippen molar-refractivity contribution in [1.82, 2.24) is 5.32 Å². The molecule has 0 spiro atoms. The molecule has 3 rings (SSSR count). The van der Waals surface area contributed by atoms with Crippen LogP contribution in [0.4, 0.5) is 10.5 Å². The molecule has 1 aliphatic carbocycles. The first-order valence-corrected chi connectivity index (χ1v) is 8.13. The van der Waals surface area contributed by atoms with Gasteiger partial charge in [0.2, 0.25) is 0 Å². The Hall–Kier alpha value is -2.43. The first-order valence-electron chi connectivity index (χ1n) is 8.13. The van der Waals surface area contributed by atoms with Crippen LogP contribution < -0.4 is 15.4 Å². The molecule has 23 heavy (non-hydrogen) atoms. The molecule has 0 saturated heterocycles. The molecule has 0 bridgehead atoms. The second-order valence-corrected chi connectivity index (χ2v) is 5.69. The standard InChI is InChI=1S/C18H22N2O3/c1-2-11-22-17-8-4-3-6-15(17)20-18(21)19-14-7-5-9-16-13(14)10-12-23-16/h3-4,6,8,10,12,14H,2,5,7,9,11H2,1H3,(H2,19,20,21). The first-order chi connectivity index (χ1) is 11.3. The molecular weight excluding hydrogens is 292 g/mol. The number of anilines is 1. The molecule has 5 nitrogen and oxygen atoms in total. The van der Waals surface area contributed by atoms with E-state index in [1.807, 2.05) is 37.3 Å². The molecule has 5 heteroatoms. The van der Waals surface area contributed by atoms with Crippen molar-refractivity contribution >= 4 is 11.7 Å². The third-order valence-electron chi connectivity index (χ3n) is 3.95. The molecule has 1 aliphatic rings. The first kappa shape index (κ1) is 15.5. The number of benzene rings is 1. The van der Waals surface area contributed by atoms with Crippen molar-refractivity contribution in [1.29, 1.82) is 0 Å². The number of carbonyl (C=O) groups is 1. The van der Waals surface area contributed by atoms with Crippen molar-refractivity contribution in [2.45, 2.75) is 38.6 Å². The second-order valence-electron chi connectivity index (χ2n) is 5.69. The SMILES string of the molecule is CCCOc1ccccc1NC(=O)NC1CCCc2occc21. The average molecular weight is 314 g/mol. The summed E-state index contributed by atoms with van der Waals surface area (Å²) in [5.41, 5.74) is 1.77. The maximum atomic E-state index is 12.3. The molecule has 2 amide bonds. The number of fused-ring (bicyclic) bond motifs is 1. The Balaban J connectivity index is 1.65. The summed E-state index contributed by atoms with van der Waals surface area (Å²) in [6, 6.07) is 9.20. The van der Waals surface area contributed by atoms with E-state index in [9.17, 15) is 4.79 Å². The summed E-state index contributed by atoms with van der Waals surface area (Å²) in [5, 5.41) is 5.91. The highest BCUT2D eigenvalue weighted by Crippen LogP contribution is 2.30. The van der Waals surface area contributed by atoms with Crippen LogP contribution >= 0.6 is 0 Å². The number of amides is 2. The van der Waals surface area contributed by atoms with Crippen LogP contribution in [-0.2, 0) is 6.42 Å². The molecule has 1 atom stereocenters. The Bertz CT molecular complexity index is 666. The van der Waals surface area contributed by atoms with Gasteiger partial charge in [-0.1, -0.05) is 19.1 Å². The zero-order valence-corrected chi connectivity index (χ0v) is 13.3. The fraction of sp³-hybridized carbons (Fsp3) is 0.389. The molecule has 0 fully saturated rings. The van der Waals surface area contributed by atoms with Crippen LogP contribution in [0.5, 0.6) is 5.75 Å². The number of urea groups is 1. The number of aryl methyl sites for hydroxylation is 1. The monoisotopic (exact) mass is 314 g/mol. The minimum atomic E-state index is -0.225. The number of furan rings is 1. The van der Waals surface area contributed by atoms with Gasteiger partial charge in [-0.05, 0) is 37.5 Å². The minimum absolute atomic E-state index is 0.00113. The van der Waals surface area contributed by atoms with E-state index in [4.69, 9.17) is 9.15 Å². The quantitative estimate of drug-likeness (QED) is 0.866. The van der Waals surface area contributed by atoms with Gasteiger partial charge < -0.3 is 19.8 Å². The summed E-state index contributed by atoms with van der Waals surface area (Å²) in [5.74, 6) is 1.67. The van der Waals surface area contributed by atoms with E-state index < -0.39 is 0 Å². The number of ether oxygens (including phenoxy) is 1. The molecule has 1 aromatic carbocycles. The third kappa shape index (κ3) is 3.67. The Kier molecular flexibility index (Phi) is 4.86. The van der Waals surface area contributed by atoms with E-state index in [0.29, 0.717) is 18.0 Å². The predicted octanol–water partition coefficient (Wildman–Crippen LogP) is 4.27. The van der Waals surface area contributed by atoms with E-state index in [1.54, 1.807) is 6.26 Å². The van der Waals surface area contributed by atoms with Crippen molar-refractivity contribution < 1.29 is 13.9 Å². The largest absolute Gasteiger partial charge is 0.491 e. The summed E-state index contributed by atoms with van der Waals surface area (Å²) < 4.78 is 11.1. The molecule has 1 unspecified atom stereocenters. The van der Waals surface area contributed by atoms with Crippen molar-refractivity contribution in [2.24, 2.45) is 0 Å². The van der Waals surface area contributed by atoms with Crippen LogP contribution in [0.1, 0.15) is 43.6 Å². The molecule has 2 N–H and O–H groups in total. The molecule has 122 valence electrons. The molecular formula is C18H22N2O3. The van der Waals surface area contributed by atoms with Gasteiger partial charge in [0.1, 0.15) is 11.5 Å². The fourth-order valence-electron chi connectivity index (χ4n) is 2.86. The van der Waals surface area contributed by atoms with Crippen LogP contribution in [-0.4, -0.2) is 12.6 Å². The van der Waals surface area contributed by atoms with E-state index in [1.165, 1.54) is 0 Å². The van der Waals surface area contributed by atoms with Gasteiger partial charge in [0.05, 0.1) is 24.6 Å². The smallest absolute Gasteiger partial charge is 0.319 e. The van der Waals surface area contributed by atoms with E-state index in [2.05, 4.69) is 10.6 Å². The number of rotatable bonds is 5. The lowest BCUT2D eigenvalue weighted by molar-refractivity contribution is 0.246. The van der Waals surface area contributed by atoms with Gasteiger partial charge in [-0.25, -0.2) is 4.79 Å². The summed E-state index contributed by atoms with van der Waals surface area (Å²) >= 11 is 0. The molecule has 2 aromatic rings. The average Bonchev–Trinajstić information content (AvgIpc) is 3.04. The predicted molar refractivity (Wildman–Crippen MR) is 88.8 cm³/mol. The number of hydrogen-bond acceptors (Lipinski definition) is 3. The number of nitrogens with one attached hydrogen (secondary N) is 2. The molecule has 0 aliphatic heterocycles. The Morgan fingerprint density at radius 1 is 1.35 bits per heavy atom. The number of hydrogen-bond donors (Lipinski definition) is 2. The molecule has 1 heterocycles. The Morgan fingerprint density at radius 2 is 2.22 bits per heavy atom. The van der Waals surface area contributed by atoms with Gasteiger partial charge in [0.25, 0.3) is 0 Å². The molecule has 0 saturated carbocycles. The maximum Gasteiger partial charge on any atom is 0.319 e. The lowest BCUT2D eigenvalue weighted by Crippen LogP contribution is -2.34. The number of para-hydroxylation sites is 2. The summed E-state index contributed by atoms with van der Waals surface area (Å²) in [7, 11) is 0. The summed E-state index contributed by atoms with van der Waals surface area (Å²) in [4.78, 5) is 12.3. The topological polar surface area (TPSA) is 63.5 Å². The van der Waals surface area contributed by atoms with Crippen LogP contribution in [0.3, 0.4) is 0 Å². The Labute approximate surface area is 136 Å². The highest BCUT2D eigenvalue weighted by molar-refractivity contribution is 5.91. The van der Waals surface area contributed by atoms with Crippen molar-refractivity contribution in [3.05, 3.63) is 47.9 Å². The van der Waals surface area contributed by atoms with Crippen molar-refractivity contribution in [3.8, 4) is 5.75 Å². The highest BCUT2D eigenvalue weighted by atomic mass is 16.5. The van der Waals surface area contributed by atoms with Crippen molar-refractivity contribution in [2.75, 3.05) is 11.9 Å². The molecule has 1 aromatic heterocycles. The van der Waals surface area contributed by atoms with Gasteiger partial charge in [0.15, 0.2) is 0 Å². The summed E-state index contributed by atoms with van der Waals surface area (Å²) in [6.07, 6.45) is 5.49. The van der Waals surface area contributed by atoms with E-state index in [-0.39, 0.29) is 12.1 Å².